The molecule has 18 heavy (non-hydrogen) atoms. The lowest BCUT2D eigenvalue weighted by Gasteiger charge is -2.40. The second-order valence-electron chi connectivity index (χ2n) is 5.60. The van der Waals surface area contributed by atoms with E-state index < -0.39 is 6.10 Å². The van der Waals surface area contributed by atoms with Crippen molar-refractivity contribution in [3.8, 4) is 5.75 Å². The average molecular weight is 250 g/mol. The van der Waals surface area contributed by atoms with Gasteiger partial charge in [-0.15, -0.1) is 0 Å². The molecule has 0 unspecified atom stereocenters. The van der Waals surface area contributed by atoms with Gasteiger partial charge < -0.3 is 9.84 Å². The standard InChI is InChI=1S/C15H19FO2/c16-11-5-6-12-13(17)10-15(18-14(12)9-11)7-3-1-2-4-8-15/h5-6,9,13,17H,1-4,7-8,10H2/t13-/m0/s1. The van der Waals surface area contributed by atoms with Crippen LogP contribution in [0.3, 0.4) is 0 Å². The summed E-state index contributed by atoms with van der Waals surface area (Å²) in [4.78, 5) is 0. The first kappa shape index (κ1) is 12.0. The van der Waals surface area contributed by atoms with Gasteiger partial charge in [0.05, 0.1) is 6.10 Å². The molecule has 0 saturated heterocycles. The van der Waals surface area contributed by atoms with Crippen LogP contribution < -0.4 is 4.74 Å². The van der Waals surface area contributed by atoms with Gasteiger partial charge in [0.1, 0.15) is 17.2 Å². The van der Waals surface area contributed by atoms with Gasteiger partial charge in [-0.3, -0.25) is 0 Å². The van der Waals surface area contributed by atoms with E-state index in [-0.39, 0.29) is 11.4 Å². The van der Waals surface area contributed by atoms with Gasteiger partial charge in [0.15, 0.2) is 0 Å². The molecule has 1 aromatic carbocycles. The van der Waals surface area contributed by atoms with E-state index in [0.717, 1.165) is 31.2 Å². The van der Waals surface area contributed by atoms with E-state index in [9.17, 15) is 9.50 Å². The number of fused-ring (bicyclic) bond motifs is 1. The second-order valence-corrected chi connectivity index (χ2v) is 5.60. The van der Waals surface area contributed by atoms with E-state index >= 15 is 0 Å². The Labute approximate surface area is 107 Å². The number of rotatable bonds is 0. The molecule has 98 valence electrons. The first-order valence-corrected chi connectivity index (χ1v) is 6.85. The highest BCUT2D eigenvalue weighted by Gasteiger charge is 2.40. The molecular formula is C15H19FO2. The van der Waals surface area contributed by atoms with Gasteiger partial charge in [0.25, 0.3) is 0 Å². The van der Waals surface area contributed by atoms with Crippen LogP contribution in [0.15, 0.2) is 18.2 Å². The van der Waals surface area contributed by atoms with Gasteiger partial charge >= 0.3 is 0 Å². The summed E-state index contributed by atoms with van der Waals surface area (Å²) in [7, 11) is 0. The molecule has 1 fully saturated rings. The van der Waals surface area contributed by atoms with E-state index in [1.165, 1.54) is 25.0 Å². The third-order valence-electron chi connectivity index (χ3n) is 4.24. The molecular weight excluding hydrogens is 231 g/mol. The van der Waals surface area contributed by atoms with Crippen LogP contribution in [0.25, 0.3) is 0 Å². The van der Waals surface area contributed by atoms with Crippen molar-refractivity contribution < 1.29 is 14.2 Å². The number of halogens is 1. The zero-order valence-electron chi connectivity index (χ0n) is 10.5. The molecule has 2 aliphatic rings. The largest absolute Gasteiger partial charge is 0.487 e. The van der Waals surface area contributed by atoms with Crippen molar-refractivity contribution in [1.29, 1.82) is 0 Å². The summed E-state index contributed by atoms with van der Waals surface area (Å²) in [5, 5.41) is 10.3. The lowest BCUT2D eigenvalue weighted by Crippen LogP contribution is -2.40. The van der Waals surface area contributed by atoms with Crippen molar-refractivity contribution in [1.82, 2.24) is 0 Å². The van der Waals surface area contributed by atoms with Crippen molar-refractivity contribution in [3.63, 3.8) is 0 Å². The van der Waals surface area contributed by atoms with Crippen LogP contribution in [0.4, 0.5) is 4.39 Å². The summed E-state index contributed by atoms with van der Waals surface area (Å²) in [6.07, 6.45) is 6.81. The SMILES string of the molecule is O[C@H]1CC2(CCCCCC2)Oc2cc(F)ccc21. The van der Waals surface area contributed by atoms with Crippen LogP contribution in [0, 0.1) is 5.82 Å². The number of hydrogen-bond donors (Lipinski definition) is 1. The summed E-state index contributed by atoms with van der Waals surface area (Å²) in [6.45, 7) is 0. The van der Waals surface area contributed by atoms with Crippen LogP contribution >= 0.6 is 0 Å². The highest BCUT2D eigenvalue weighted by atomic mass is 19.1. The van der Waals surface area contributed by atoms with Gasteiger partial charge in [-0.1, -0.05) is 12.8 Å². The van der Waals surface area contributed by atoms with Crippen LogP contribution in [0.5, 0.6) is 5.75 Å². The number of benzene rings is 1. The maximum atomic E-state index is 13.3. The summed E-state index contributed by atoms with van der Waals surface area (Å²) in [5.41, 5.74) is 0.461. The molecule has 1 aliphatic carbocycles. The Morgan fingerprint density at radius 3 is 2.61 bits per heavy atom. The first-order valence-electron chi connectivity index (χ1n) is 6.85. The molecule has 0 amide bonds. The third kappa shape index (κ3) is 2.12. The predicted molar refractivity (Wildman–Crippen MR) is 67.0 cm³/mol. The van der Waals surface area contributed by atoms with E-state index in [1.807, 2.05) is 0 Å². The highest BCUT2D eigenvalue weighted by Crippen LogP contribution is 2.45. The maximum absolute atomic E-state index is 13.3. The Balaban J connectivity index is 1.93. The number of aliphatic hydroxyl groups excluding tert-OH is 1. The van der Waals surface area contributed by atoms with Gasteiger partial charge in [-0.25, -0.2) is 4.39 Å². The summed E-state index contributed by atoms with van der Waals surface area (Å²) >= 11 is 0. The number of hydrogen-bond acceptors (Lipinski definition) is 2. The molecule has 0 bridgehead atoms. The van der Waals surface area contributed by atoms with Gasteiger partial charge in [-0.05, 0) is 37.8 Å². The van der Waals surface area contributed by atoms with Crippen molar-refractivity contribution >= 4 is 0 Å². The fraction of sp³-hybridized carbons (Fsp3) is 0.600. The normalized spacial score (nSPS) is 26.2. The minimum Gasteiger partial charge on any atom is -0.487 e. The average Bonchev–Trinajstić information content (AvgIpc) is 2.54. The van der Waals surface area contributed by atoms with Gasteiger partial charge in [0.2, 0.25) is 0 Å². The Morgan fingerprint density at radius 1 is 1.17 bits per heavy atom. The molecule has 2 nitrogen and oxygen atoms in total. The van der Waals surface area contributed by atoms with Crippen LogP contribution in [0.1, 0.15) is 56.6 Å². The maximum Gasteiger partial charge on any atom is 0.128 e. The summed E-state index contributed by atoms with van der Waals surface area (Å²) < 4.78 is 19.4. The zero-order valence-corrected chi connectivity index (χ0v) is 10.5. The third-order valence-corrected chi connectivity index (χ3v) is 4.24. The van der Waals surface area contributed by atoms with Crippen LogP contribution in [-0.4, -0.2) is 10.7 Å². The summed E-state index contributed by atoms with van der Waals surface area (Å²) in [6, 6.07) is 4.43. The number of aliphatic hydroxyl groups is 1. The van der Waals surface area contributed by atoms with Gasteiger partial charge in [0, 0.05) is 18.1 Å². The second kappa shape index (κ2) is 4.54. The van der Waals surface area contributed by atoms with E-state index in [2.05, 4.69) is 0 Å². The molecule has 1 atom stereocenters. The van der Waals surface area contributed by atoms with Crippen molar-refractivity contribution in [2.24, 2.45) is 0 Å². The lowest BCUT2D eigenvalue weighted by atomic mass is 9.83. The Hall–Kier alpha value is -1.09. The van der Waals surface area contributed by atoms with E-state index in [1.54, 1.807) is 6.07 Å². The molecule has 3 rings (SSSR count). The molecule has 1 N–H and O–H groups in total. The van der Waals surface area contributed by atoms with Crippen molar-refractivity contribution in [2.45, 2.75) is 56.7 Å². The molecule has 1 heterocycles. The van der Waals surface area contributed by atoms with E-state index in [0.29, 0.717) is 12.2 Å². The number of ether oxygens (including phenoxy) is 1. The highest BCUT2D eigenvalue weighted by molar-refractivity contribution is 5.38. The lowest BCUT2D eigenvalue weighted by molar-refractivity contribution is -0.0247. The van der Waals surface area contributed by atoms with E-state index in [4.69, 9.17) is 4.74 Å². The topological polar surface area (TPSA) is 29.5 Å². The van der Waals surface area contributed by atoms with Crippen LogP contribution in [-0.2, 0) is 0 Å². The predicted octanol–water partition coefficient (Wildman–Crippen LogP) is 3.73. The molecule has 1 spiro atoms. The monoisotopic (exact) mass is 250 g/mol. The minimum absolute atomic E-state index is 0.267. The zero-order chi connectivity index (χ0) is 12.6. The smallest absolute Gasteiger partial charge is 0.128 e. The van der Waals surface area contributed by atoms with Crippen molar-refractivity contribution in [2.75, 3.05) is 0 Å². The quantitative estimate of drug-likeness (QED) is 0.760. The van der Waals surface area contributed by atoms with Crippen LogP contribution in [0.2, 0.25) is 0 Å². The molecule has 1 saturated carbocycles. The summed E-state index contributed by atoms with van der Waals surface area (Å²) in [5.74, 6) is 0.238. The fourth-order valence-electron chi connectivity index (χ4n) is 3.29. The Morgan fingerprint density at radius 2 is 1.89 bits per heavy atom. The molecule has 0 aromatic heterocycles. The Bertz CT molecular complexity index is 436. The van der Waals surface area contributed by atoms with Crippen molar-refractivity contribution in [3.05, 3.63) is 29.6 Å². The Kier molecular flexibility index (Phi) is 3.02. The molecule has 1 aromatic rings. The van der Waals surface area contributed by atoms with Gasteiger partial charge in [-0.2, -0.15) is 0 Å². The molecule has 3 heteroatoms. The minimum atomic E-state index is -0.521. The fourth-order valence-corrected chi connectivity index (χ4v) is 3.29. The first-order chi connectivity index (χ1) is 8.69. The molecule has 1 aliphatic heterocycles. The molecule has 0 radical (unpaired) electrons.